The Bertz CT molecular complexity index is 82.4. The minimum atomic E-state index is 0. The number of aromatic nitrogens is 1. The summed E-state index contributed by atoms with van der Waals surface area (Å²) in [7, 11) is 0. The van der Waals surface area contributed by atoms with Crippen molar-refractivity contribution in [3.05, 3.63) is 30.6 Å². The average molecular weight is 147 g/mol. The third-order valence-corrected chi connectivity index (χ3v) is 0.566. The molecule has 0 spiro atoms. The predicted molar refractivity (Wildman–Crippen MR) is 46.4 cm³/mol. The fourth-order valence-corrected chi connectivity index (χ4v) is 0.313. The molecule has 0 saturated carbocycles. The second kappa shape index (κ2) is 7.01. The molecule has 1 heterocycles. The van der Waals surface area contributed by atoms with Crippen molar-refractivity contribution in [3.63, 3.8) is 0 Å². The maximum atomic E-state index is 3.78. The molecular formula is C5H11NP2. The summed E-state index contributed by atoms with van der Waals surface area (Å²) in [6.45, 7) is 0. The first-order valence-corrected chi connectivity index (χ1v) is 1.85. The Hall–Kier alpha value is 0.01000. The van der Waals surface area contributed by atoms with Gasteiger partial charge in [-0.05, 0) is 12.1 Å². The first kappa shape index (κ1) is 10.9. The molecule has 8 heavy (non-hydrogen) atoms. The zero-order valence-electron chi connectivity index (χ0n) is 4.75. The predicted octanol–water partition coefficient (Wildman–Crippen LogP) is 1.20. The summed E-state index contributed by atoms with van der Waals surface area (Å²) in [6, 6.07) is 5.72. The van der Waals surface area contributed by atoms with Gasteiger partial charge in [0.05, 0.1) is 0 Å². The molecular weight excluding hydrogens is 136 g/mol. The standard InChI is InChI=1S/C5H5N.2H3P/c1-2-4-6-5-3-1;;/h1-5H;2*1H3. The Balaban J connectivity index is 0. The van der Waals surface area contributed by atoms with Crippen LogP contribution in [-0.2, 0) is 0 Å². The summed E-state index contributed by atoms with van der Waals surface area (Å²) in [5, 5.41) is 0. The molecule has 1 nitrogen and oxygen atoms in total. The normalized spacial score (nSPS) is 6.00. The van der Waals surface area contributed by atoms with Crippen molar-refractivity contribution >= 4 is 19.8 Å². The lowest BCUT2D eigenvalue weighted by molar-refractivity contribution is 1.33. The highest BCUT2D eigenvalue weighted by molar-refractivity contribution is 6.92. The van der Waals surface area contributed by atoms with Crippen LogP contribution in [0.3, 0.4) is 0 Å². The smallest absolute Gasteiger partial charge is 0.0267 e. The van der Waals surface area contributed by atoms with Gasteiger partial charge in [0.1, 0.15) is 0 Å². The zero-order valence-corrected chi connectivity index (χ0v) is 7.58. The summed E-state index contributed by atoms with van der Waals surface area (Å²) in [4.78, 5) is 3.78. The molecule has 0 saturated heterocycles. The molecule has 0 aliphatic rings. The Labute approximate surface area is 56.2 Å². The number of hydrogen-bond acceptors (Lipinski definition) is 1. The van der Waals surface area contributed by atoms with Gasteiger partial charge in [-0.2, -0.15) is 19.8 Å². The van der Waals surface area contributed by atoms with Crippen molar-refractivity contribution in [1.82, 2.24) is 4.98 Å². The minimum absolute atomic E-state index is 0. The van der Waals surface area contributed by atoms with Gasteiger partial charge >= 0.3 is 0 Å². The fourth-order valence-electron chi connectivity index (χ4n) is 0.313. The van der Waals surface area contributed by atoms with E-state index in [1.165, 1.54) is 0 Å². The molecule has 1 aromatic rings. The lowest BCUT2D eigenvalue weighted by atomic mass is 10.5. The van der Waals surface area contributed by atoms with Gasteiger partial charge in [-0.1, -0.05) is 6.07 Å². The highest BCUT2D eigenvalue weighted by Gasteiger charge is 1.58. The topological polar surface area (TPSA) is 12.9 Å². The van der Waals surface area contributed by atoms with Gasteiger partial charge in [-0.3, -0.25) is 4.98 Å². The van der Waals surface area contributed by atoms with Crippen molar-refractivity contribution in [3.8, 4) is 0 Å². The molecule has 0 fully saturated rings. The van der Waals surface area contributed by atoms with Crippen LogP contribution >= 0.6 is 19.8 Å². The highest BCUT2D eigenvalue weighted by Crippen LogP contribution is 1.73. The third kappa shape index (κ3) is 4.18. The Kier molecular flexibility index (Phi) is 9.55. The van der Waals surface area contributed by atoms with Gasteiger partial charge in [0, 0.05) is 12.4 Å². The van der Waals surface area contributed by atoms with Gasteiger partial charge in [-0.15, -0.1) is 0 Å². The van der Waals surface area contributed by atoms with Crippen LogP contribution in [0.1, 0.15) is 0 Å². The molecule has 0 N–H and O–H groups in total. The zero-order chi connectivity index (χ0) is 4.24. The quantitative estimate of drug-likeness (QED) is 0.502. The van der Waals surface area contributed by atoms with E-state index in [9.17, 15) is 0 Å². The Morgan fingerprint density at radius 2 is 1.25 bits per heavy atom. The van der Waals surface area contributed by atoms with E-state index in [2.05, 4.69) is 4.98 Å². The number of rotatable bonds is 0. The van der Waals surface area contributed by atoms with Gasteiger partial charge in [0.25, 0.3) is 0 Å². The van der Waals surface area contributed by atoms with Gasteiger partial charge in [0.15, 0.2) is 0 Å². The van der Waals surface area contributed by atoms with Gasteiger partial charge in [0.2, 0.25) is 0 Å². The van der Waals surface area contributed by atoms with Crippen LogP contribution in [0, 0.1) is 0 Å². The number of nitrogens with zero attached hydrogens (tertiary/aromatic N) is 1. The molecule has 0 aliphatic heterocycles. The molecule has 3 heteroatoms. The lowest BCUT2D eigenvalue weighted by Gasteiger charge is -1.70. The number of hydrogen-bond donors (Lipinski definition) is 0. The molecule has 0 aromatic carbocycles. The summed E-state index contributed by atoms with van der Waals surface area (Å²) >= 11 is 0. The minimum Gasteiger partial charge on any atom is -0.265 e. The first-order chi connectivity index (χ1) is 3.00. The Morgan fingerprint density at radius 3 is 1.38 bits per heavy atom. The lowest BCUT2D eigenvalue weighted by Crippen LogP contribution is -1.58. The van der Waals surface area contributed by atoms with Crippen molar-refractivity contribution in [2.24, 2.45) is 0 Å². The van der Waals surface area contributed by atoms with Crippen LogP contribution in [0.25, 0.3) is 0 Å². The highest BCUT2D eigenvalue weighted by atomic mass is 31.0. The van der Waals surface area contributed by atoms with E-state index in [1.807, 2.05) is 18.2 Å². The van der Waals surface area contributed by atoms with E-state index in [0.29, 0.717) is 0 Å². The molecule has 0 aliphatic carbocycles. The summed E-state index contributed by atoms with van der Waals surface area (Å²) in [6.07, 6.45) is 3.50. The van der Waals surface area contributed by atoms with E-state index in [0.717, 1.165) is 0 Å². The van der Waals surface area contributed by atoms with Crippen molar-refractivity contribution < 1.29 is 0 Å². The van der Waals surface area contributed by atoms with Crippen LogP contribution in [0.5, 0.6) is 0 Å². The molecule has 1 rings (SSSR count). The van der Waals surface area contributed by atoms with Crippen LogP contribution in [0.15, 0.2) is 30.6 Å². The monoisotopic (exact) mass is 147 g/mol. The maximum Gasteiger partial charge on any atom is 0.0267 e. The van der Waals surface area contributed by atoms with E-state index in [-0.39, 0.29) is 19.8 Å². The maximum absolute atomic E-state index is 3.78. The molecule has 46 valence electrons. The SMILES string of the molecule is P.P.c1ccncc1. The third-order valence-electron chi connectivity index (χ3n) is 0.566. The largest absolute Gasteiger partial charge is 0.265 e. The molecule has 0 radical (unpaired) electrons. The Morgan fingerprint density at radius 1 is 0.750 bits per heavy atom. The van der Waals surface area contributed by atoms with E-state index in [4.69, 9.17) is 0 Å². The average Bonchev–Trinajstić information content (AvgIpc) is 1.72. The molecule has 2 atom stereocenters. The first-order valence-electron chi connectivity index (χ1n) is 1.85. The van der Waals surface area contributed by atoms with Crippen molar-refractivity contribution in [1.29, 1.82) is 0 Å². The van der Waals surface area contributed by atoms with Gasteiger partial charge < -0.3 is 0 Å². The van der Waals surface area contributed by atoms with Crippen LogP contribution in [0.4, 0.5) is 0 Å². The summed E-state index contributed by atoms with van der Waals surface area (Å²) in [5.74, 6) is 0. The van der Waals surface area contributed by atoms with E-state index >= 15 is 0 Å². The molecule has 0 amide bonds. The van der Waals surface area contributed by atoms with Crippen LogP contribution in [0.2, 0.25) is 0 Å². The molecule has 2 unspecified atom stereocenters. The van der Waals surface area contributed by atoms with E-state index < -0.39 is 0 Å². The second-order valence-corrected chi connectivity index (χ2v) is 1.02. The van der Waals surface area contributed by atoms with Crippen LogP contribution < -0.4 is 0 Å². The van der Waals surface area contributed by atoms with Gasteiger partial charge in [-0.25, -0.2) is 0 Å². The molecule has 1 aromatic heterocycles. The van der Waals surface area contributed by atoms with E-state index in [1.54, 1.807) is 12.4 Å². The number of pyridine rings is 1. The second-order valence-electron chi connectivity index (χ2n) is 1.02. The summed E-state index contributed by atoms with van der Waals surface area (Å²) in [5.41, 5.74) is 0. The van der Waals surface area contributed by atoms with Crippen molar-refractivity contribution in [2.45, 2.75) is 0 Å². The van der Waals surface area contributed by atoms with Crippen LogP contribution in [-0.4, -0.2) is 4.98 Å². The van der Waals surface area contributed by atoms with Crippen molar-refractivity contribution in [2.75, 3.05) is 0 Å². The summed E-state index contributed by atoms with van der Waals surface area (Å²) < 4.78 is 0. The fraction of sp³-hybridized carbons (Fsp3) is 0. The molecule has 0 bridgehead atoms.